The van der Waals surface area contributed by atoms with Gasteiger partial charge in [-0.1, -0.05) is 5.16 Å². The standard InChI is InChI=1S/C17H18N2O5/c1-10-8-12(11(2)23-10)14(20)5-6-18-17(21)13-9-16(24-19-13)15-4-3-7-22-15/h3-4,7-9,14,20H,5-6H2,1-2H3,(H,18,21)/t14-/m0/s1. The Morgan fingerprint density at radius 2 is 2.17 bits per heavy atom. The van der Waals surface area contributed by atoms with Crippen LogP contribution in [-0.4, -0.2) is 22.7 Å². The number of carbonyl (C=O) groups excluding carboxylic acids is 1. The smallest absolute Gasteiger partial charge is 0.273 e. The van der Waals surface area contributed by atoms with Crippen LogP contribution in [0.15, 0.2) is 43.9 Å². The van der Waals surface area contributed by atoms with Crippen LogP contribution in [0.5, 0.6) is 0 Å². The lowest BCUT2D eigenvalue weighted by Crippen LogP contribution is -2.25. The molecule has 0 fully saturated rings. The summed E-state index contributed by atoms with van der Waals surface area (Å²) in [6.45, 7) is 3.93. The number of aromatic nitrogens is 1. The molecule has 3 aromatic rings. The van der Waals surface area contributed by atoms with E-state index in [9.17, 15) is 9.90 Å². The van der Waals surface area contributed by atoms with E-state index in [4.69, 9.17) is 13.4 Å². The van der Waals surface area contributed by atoms with E-state index in [1.807, 2.05) is 6.92 Å². The first-order valence-electron chi connectivity index (χ1n) is 7.58. The summed E-state index contributed by atoms with van der Waals surface area (Å²) in [7, 11) is 0. The van der Waals surface area contributed by atoms with Gasteiger partial charge in [0.2, 0.25) is 5.76 Å². The number of amides is 1. The van der Waals surface area contributed by atoms with Crippen molar-refractivity contribution in [3.63, 3.8) is 0 Å². The minimum absolute atomic E-state index is 0.159. The zero-order valence-corrected chi connectivity index (χ0v) is 13.4. The monoisotopic (exact) mass is 330 g/mol. The summed E-state index contributed by atoms with van der Waals surface area (Å²) in [5.41, 5.74) is 0.898. The van der Waals surface area contributed by atoms with E-state index < -0.39 is 6.10 Å². The molecule has 0 bridgehead atoms. The lowest BCUT2D eigenvalue weighted by molar-refractivity contribution is 0.0933. The van der Waals surface area contributed by atoms with Crippen LogP contribution >= 0.6 is 0 Å². The van der Waals surface area contributed by atoms with Crippen molar-refractivity contribution in [1.29, 1.82) is 0 Å². The number of aryl methyl sites for hydroxylation is 2. The molecule has 0 aliphatic heterocycles. The SMILES string of the molecule is Cc1cc([C@@H](O)CCNC(=O)c2cc(-c3ccco3)on2)c(C)o1. The van der Waals surface area contributed by atoms with Gasteiger partial charge < -0.3 is 23.8 Å². The van der Waals surface area contributed by atoms with Crippen molar-refractivity contribution in [1.82, 2.24) is 10.5 Å². The van der Waals surface area contributed by atoms with E-state index in [0.717, 1.165) is 11.3 Å². The van der Waals surface area contributed by atoms with Crippen LogP contribution in [0.4, 0.5) is 0 Å². The Morgan fingerprint density at radius 1 is 1.33 bits per heavy atom. The third kappa shape index (κ3) is 3.41. The molecule has 0 saturated carbocycles. The maximum absolute atomic E-state index is 12.1. The molecule has 3 rings (SSSR count). The lowest BCUT2D eigenvalue weighted by Gasteiger charge is -2.09. The van der Waals surface area contributed by atoms with Crippen molar-refractivity contribution in [2.45, 2.75) is 26.4 Å². The topological polar surface area (TPSA) is 102 Å². The summed E-state index contributed by atoms with van der Waals surface area (Å²) in [5.74, 6) is 1.95. The van der Waals surface area contributed by atoms with Gasteiger partial charge in [-0.2, -0.15) is 0 Å². The van der Waals surface area contributed by atoms with Crippen molar-refractivity contribution in [2.75, 3.05) is 6.54 Å². The fourth-order valence-electron chi connectivity index (χ4n) is 2.47. The molecule has 0 saturated heterocycles. The highest BCUT2D eigenvalue weighted by atomic mass is 16.5. The van der Waals surface area contributed by atoms with E-state index in [1.165, 1.54) is 12.3 Å². The Morgan fingerprint density at radius 3 is 2.83 bits per heavy atom. The van der Waals surface area contributed by atoms with E-state index in [1.54, 1.807) is 25.1 Å². The van der Waals surface area contributed by atoms with Gasteiger partial charge in [0.05, 0.1) is 12.4 Å². The minimum atomic E-state index is -0.696. The summed E-state index contributed by atoms with van der Waals surface area (Å²) >= 11 is 0. The third-order valence-electron chi connectivity index (χ3n) is 3.65. The molecule has 24 heavy (non-hydrogen) atoms. The van der Waals surface area contributed by atoms with Gasteiger partial charge in [-0.25, -0.2) is 0 Å². The molecule has 126 valence electrons. The van der Waals surface area contributed by atoms with Crippen LogP contribution in [-0.2, 0) is 0 Å². The van der Waals surface area contributed by atoms with Crippen LogP contribution < -0.4 is 5.32 Å². The fourth-order valence-corrected chi connectivity index (χ4v) is 2.47. The normalized spacial score (nSPS) is 12.3. The number of carbonyl (C=O) groups is 1. The van der Waals surface area contributed by atoms with Gasteiger partial charge in [0.25, 0.3) is 5.91 Å². The number of hydrogen-bond donors (Lipinski definition) is 2. The molecular weight excluding hydrogens is 312 g/mol. The molecule has 3 aromatic heterocycles. The molecule has 3 heterocycles. The Bertz CT molecular complexity index is 816. The number of nitrogens with one attached hydrogen (secondary N) is 1. The molecule has 0 radical (unpaired) electrons. The summed E-state index contributed by atoms with van der Waals surface area (Å²) < 4.78 is 15.7. The second-order valence-electron chi connectivity index (χ2n) is 5.48. The molecule has 7 heteroatoms. The van der Waals surface area contributed by atoms with E-state index in [0.29, 0.717) is 30.2 Å². The maximum atomic E-state index is 12.1. The Labute approximate surface area is 138 Å². The highest BCUT2D eigenvalue weighted by molar-refractivity contribution is 5.92. The van der Waals surface area contributed by atoms with Gasteiger partial charge >= 0.3 is 0 Å². The van der Waals surface area contributed by atoms with Crippen molar-refractivity contribution >= 4 is 5.91 Å². The van der Waals surface area contributed by atoms with E-state index >= 15 is 0 Å². The summed E-state index contributed by atoms with van der Waals surface area (Å²) in [6, 6.07) is 6.75. The molecule has 0 aliphatic carbocycles. The lowest BCUT2D eigenvalue weighted by atomic mass is 10.1. The molecule has 2 N–H and O–H groups in total. The van der Waals surface area contributed by atoms with Crippen LogP contribution in [0.2, 0.25) is 0 Å². The molecule has 0 spiro atoms. The van der Waals surface area contributed by atoms with Gasteiger partial charge in [0.15, 0.2) is 11.5 Å². The first-order chi connectivity index (χ1) is 11.5. The second kappa shape index (κ2) is 6.76. The largest absolute Gasteiger partial charge is 0.466 e. The fraction of sp³-hybridized carbons (Fsp3) is 0.294. The predicted molar refractivity (Wildman–Crippen MR) is 84.3 cm³/mol. The number of aliphatic hydroxyl groups is 1. The minimum Gasteiger partial charge on any atom is -0.466 e. The number of aliphatic hydroxyl groups excluding tert-OH is 1. The van der Waals surface area contributed by atoms with Gasteiger partial charge in [-0.15, -0.1) is 0 Å². The third-order valence-corrected chi connectivity index (χ3v) is 3.65. The van der Waals surface area contributed by atoms with Crippen molar-refractivity contribution in [3.8, 4) is 11.5 Å². The molecular formula is C17H18N2O5. The van der Waals surface area contributed by atoms with Crippen LogP contribution in [0.25, 0.3) is 11.5 Å². The quantitative estimate of drug-likeness (QED) is 0.720. The average Bonchev–Trinajstić information content (AvgIpc) is 3.26. The van der Waals surface area contributed by atoms with Gasteiger partial charge in [-0.3, -0.25) is 4.79 Å². The zero-order valence-electron chi connectivity index (χ0n) is 13.4. The molecule has 0 aromatic carbocycles. The summed E-state index contributed by atoms with van der Waals surface area (Å²) in [6.07, 6.45) is 1.19. The van der Waals surface area contributed by atoms with Crippen molar-refractivity contribution in [2.24, 2.45) is 0 Å². The van der Waals surface area contributed by atoms with Gasteiger partial charge in [-0.05, 0) is 38.5 Å². The molecule has 1 amide bonds. The summed E-state index contributed by atoms with van der Waals surface area (Å²) in [5, 5.41) is 16.6. The van der Waals surface area contributed by atoms with Crippen LogP contribution in [0.3, 0.4) is 0 Å². The number of rotatable bonds is 6. The highest BCUT2D eigenvalue weighted by Crippen LogP contribution is 2.24. The van der Waals surface area contributed by atoms with Crippen molar-refractivity contribution < 1.29 is 23.3 Å². The Kier molecular flexibility index (Phi) is 4.52. The molecule has 1 atom stereocenters. The van der Waals surface area contributed by atoms with E-state index in [-0.39, 0.29) is 11.6 Å². The Balaban J connectivity index is 1.53. The van der Waals surface area contributed by atoms with Crippen molar-refractivity contribution in [3.05, 3.63) is 53.3 Å². The second-order valence-corrected chi connectivity index (χ2v) is 5.48. The highest BCUT2D eigenvalue weighted by Gasteiger charge is 2.17. The number of furan rings is 2. The van der Waals surface area contributed by atoms with Crippen LogP contribution in [0, 0.1) is 13.8 Å². The zero-order chi connectivity index (χ0) is 17.1. The first-order valence-corrected chi connectivity index (χ1v) is 7.58. The number of nitrogens with zero attached hydrogens (tertiary/aromatic N) is 1. The summed E-state index contributed by atoms with van der Waals surface area (Å²) in [4.78, 5) is 12.1. The Hall–Kier alpha value is -2.80. The predicted octanol–water partition coefficient (Wildman–Crippen LogP) is 3.00. The molecule has 0 aliphatic rings. The first kappa shape index (κ1) is 16.1. The maximum Gasteiger partial charge on any atom is 0.273 e. The molecule has 7 nitrogen and oxygen atoms in total. The van der Waals surface area contributed by atoms with Gasteiger partial charge in [0.1, 0.15) is 11.5 Å². The molecule has 0 unspecified atom stereocenters. The van der Waals surface area contributed by atoms with Gasteiger partial charge in [0, 0.05) is 18.2 Å². The van der Waals surface area contributed by atoms with Crippen LogP contribution in [0.1, 0.15) is 40.1 Å². The van der Waals surface area contributed by atoms with E-state index in [2.05, 4.69) is 10.5 Å². The number of hydrogen-bond acceptors (Lipinski definition) is 6. The average molecular weight is 330 g/mol.